The number of furan rings is 1. The van der Waals surface area contributed by atoms with Gasteiger partial charge in [-0.3, -0.25) is 0 Å². The van der Waals surface area contributed by atoms with Gasteiger partial charge in [-0.2, -0.15) is 0 Å². The van der Waals surface area contributed by atoms with Crippen LogP contribution in [0.3, 0.4) is 0 Å². The fourth-order valence-electron chi connectivity index (χ4n) is 1.62. The van der Waals surface area contributed by atoms with Crippen LogP contribution in [0.1, 0.15) is 0 Å². The van der Waals surface area contributed by atoms with E-state index in [-0.39, 0.29) is 0 Å². The molecule has 2 heterocycles. The number of aromatic nitrogens is 1. The van der Waals surface area contributed by atoms with Crippen LogP contribution in [0.15, 0.2) is 52.5 Å². The molecule has 0 aliphatic rings. The van der Waals surface area contributed by atoms with Crippen LogP contribution in [0.4, 0.5) is 5.69 Å². The van der Waals surface area contributed by atoms with Crippen molar-refractivity contribution in [3.8, 4) is 22.0 Å². The van der Waals surface area contributed by atoms with Gasteiger partial charge in [-0.15, -0.1) is 11.3 Å². The second-order valence-electron chi connectivity index (χ2n) is 3.64. The molecular weight excluding hydrogens is 232 g/mol. The van der Waals surface area contributed by atoms with Gasteiger partial charge < -0.3 is 10.2 Å². The molecule has 0 saturated carbocycles. The van der Waals surface area contributed by atoms with Gasteiger partial charge in [0, 0.05) is 16.6 Å². The highest BCUT2D eigenvalue weighted by atomic mass is 32.1. The van der Waals surface area contributed by atoms with Crippen LogP contribution in [0, 0.1) is 0 Å². The Morgan fingerprint density at radius 3 is 2.88 bits per heavy atom. The first-order valence-corrected chi connectivity index (χ1v) is 6.06. The highest BCUT2D eigenvalue weighted by Gasteiger charge is 2.08. The van der Waals surface area contributed by atoms with Crippen molar-refractivity contribution in [2.24, 2.45) is 0 Å². The molecule has 0 unspecified atom stereocenters. The van der Waals surface area contributed by atoms with Crippen molar-refractivity contribution < 1.29 is 4.42 Å². The monoisotopic (exact) mass is 242 g/mol. The quantitative estimate of drug-likeness (QED) is 0.698. The number of thiazole rings is 1. The van der Waals surface area contributed by atoms with Gasteiger partial charge in [-0.25, -0.2) is 4.98 Å². The van der Waals surface area contributed by atoms with Gasteiger partial charge in [0.1, 0.15) is 10.7 Å². The lowest BCUT2D eigenvalue weighted by Gasteiger charge is -1.97. The largest absolute Gasteiger partial charge is 0.463 e. The van der Waals surface area contributed by atoms with E-state index in [4.69, 9.17) is 10.2 Å². The molecule has 2 N–H and O–H groups in total. The minimum absolute atomic E-state index is 0.747. The Kier molecular flexibility index (Phi) is 2.42. The summed E-state index contributed by atoms with van der Waals surface area (Å²) in [6.45, 7) is 0. The third-order valence-corrected chi connectivity index (χ3v) is 3.30. The molecule has 2 aromatic heterocycles. The van der Waals surface area contributed by atoms with Crippen LogP contribution < -0.4 is 5.73 Å². The molecule has 0 fully saturated rings. The minimum Gasteiger partial charge on any atom is -0.463 e. The first kappa shape index (κ1) is 10.1. The van der Waals surface area contributed by atoms with Crippen molar-refractivity contribution in [2.45, 2.75) is 0 Å². The molecule has 0 bridgehead atoms. The maximum atomic E-state index is 5.76. The van der Waals surface area contributed by atoms with Crippen LogP contribution in [0.2, 0.25) is 0 Å². The van der Waals surface area contributed by atoms with Crippen molar-refractivity contribution in [1.29, 1.82) is 0 Å². The van der Waals surface area contributed by atoms with Crippen molar-refractivity contribution in [3.63, 3.8) is 0 Å². The summed E-state index contributed by atoms with van der Waals surface area (Å²) >= 11 is 1.58. The number of nitrogen functional groups attached to an aromatic ring is 1. The molecule has 0 spiro atoms. The molecule has 84 valence electrons. The van der Waals surface area contributed by atoms with Crippen LogP contribution in [0.5, 0.6) is 0 Å². The summed E-state index contributed by atoms with van der Waals surface area (Å²) in [5, 5.41) is 2.93. The maximum Gasteiger partial charge on any atom is 0.153 e. The van der Waals surface area contributed by atoms with Crippen LogP contribution >= 0.6 is 11.3 Å². The molecule has 1 aromatic carbocycles. The molecule has 0 atom stereocenters. The van der Waals surface area contributed by atoms with Gasteiger partial charge in [0.05, 0.1) is 6.26 Å². The normalized spacial score (nSPS) is 10.6. The maximum absolute atomic E-state index is 5.76. The number of hydrogen-bond donors (Lipinski definition) is 1. The zero-order chi connectivity index (χ0) is 11.7. The Bertz CT molecular complexity index is 628. The third-order valence-electron chi connectivity index (χ3n) is 2.41. The highest BCUT2D eigenvalue weighted by Crippen LogP contribution is 2.29. The summed E-state index contributed by atoms with van der Waals surface area (Å²) in [6, 6.07) is 11.5. The molecule has 0 aliphatic carbocycles. The van der Waals surface area contributed by atoms with Gasteiger partial charge in [-0.1, -0.05) is 12.1 Å². The molecule has 0 saturated heterocycles. The number of benzene rings is 1. The SMILES string of the molecule is Nc1cccc(-c2nc(-c3ccco3)cs2)c1. The molecule has 3 rings (SSSR count). The van der Waals surface area contributed by atoms with E-state index in [0.29, 0.717) is 0 Å². The fourth-order valence-corrected chi connectivity index (χ4v) is 2.42. The van der Waals surface area contributed by atoms with E-state index < -0.39 is 0 Å². The molecule has 0 aliphatic heterocycles. The van der Waals surface area contributed by atoms with E-state index in [1.807, 2.05) is 41.8 Å². The fraction of sp³-hybridized carbons (Fsp3) is 0. The minimum atomic E-state index is 0.747. The summed E-state index contributed by atoms with van der Waals surface area (Å²) in [5.74, 6) is 0.788. The van der Waals surface area contributed by atoms with Gasteiger partial charge in [0.2, 0.25) is 0 Å². The number of nitrogens with zero attached hydrogens (tertiary/aromatic N) is 1. The van der Waals surface area contributed by atoms with Crippen LogP contribution in [0.25, 0.3) is 22.0 Å². The average molecular weight is 242 g/mol. The zero-order valence-corrected chi connectivity index (χ0v) is 9.78. The average Bonchev–Trinajstić information content (AvgIpc) is 3.00. The number of nitrogens with two attached hydrogens (primary N) is 1. The molecule has 4 heteroatoms. The number of anilines is 1. The molecule has 3 nitrogen and oxygen atoms in total. The van der Waals surface area contributed by atoms with E-state index in [1.54, 1.807) is 17.6 Å². The Morgan fingerprint density at radius 2 is 2.12 bits per heavy atom. The molecule has 0 amide bonds. The summed E-state index contributed by atoms with van der Waals surface area (Å²) < 4.78 is 5.31. The van der Waals surface area contributed by atoms with E-state index in [2.05, 4.69) is 4.98 Å². The van der Waals surface area contributed by atoms with Crippen molar-refractivity contribution in [1.82, 2.24) is 4.98 Å². The van der Waals surface area contributed by atoms with Gasteiger partial charge >= 0.3 is 0 Å². The molecule has 17 heavy (non-hydrogen) atoms. The zero-order valence-electron chi connectivity index (χ0n) is 8.96. The van der Waals surface area contributed by atoms with Crippen molar-refractivity contribution >= 4 is 17.0 Å². The second kappa shape index (κ2) is 4.07. The van der Waals surface area contributed by atoms with E-state index in [9.17, 15) is 0 Å². The number of hydrogen-bond acceptors (Lipinski definition) is 4. The lowest BCUT2D eigenvalue weighted by Crippen LogP contribution is -1.84. The molecule has 3 aromatic rings. The third kappa shape index (κ3) is 1.94. The van der Waals surface area contributed by atoms with Crippen molar-refractivity contribution in [2.75, 3.05) is 5.73 Å². The molecular formula is C13H10N2OS. The Labute approximate surface area is 103 Å². The lowest BCUT2D eigenvalue weighted by molar-refractivity contribution is 0.580. The van der Waals surface area contributed by atoms with Crippen molar-refractivity contribution in [3.05, 3.63) is 48.0 Å². The topological polar surface area (TPSA) is 52.0 Å². The van der Waals surface area contributed by atoms with Gasteiger partial charge in [0.25, 0.3) is 0 Å². The predicted molar refractivity (Wildman–Crippen MR) is 69.7 cm³/mol. The van der Waals surface area contributed by atoms with Crippen LogP contribution in [-0.4, -0.2) is 4.98 Å². The predicted octanol–water partition coefficient (Wildman–Crippen LogP) is 3.65. The first-order valence-electron chi connectivity index (χ1n) is 5.18. The summed E-state index contributed by atoms with van der Waals surface area (Å²) in [6.07, 6.45) is 1.65. The standard InChI is InChI=1S/C13H10N2OS/c14-10-4-1-3-9(7-10)13-15-11(8-17-13)12-5-2-6-16-12/h1-8H,14H2. The Hall–Kier alpha value is -2.07. The first-order chi connectivity index (χ1) is 8.33. The molecule has 0 radical (unpaired) electrons. The number of rotatable bonds is 2. The van der Waals surface area contributed by atoms with Gasteiger partial charge in [0.15, 0.2) is 5.76 Å². The summed E-state index contributed by atoms with van der Waals surface area (Å²) in [7, 11) is 0. The Balaban J connectivity index is 2.01. The van der Waals surface area contributed by atoms with E-state index >= 15 is 0 Å². The summed E-state index contributed by atoms with van der Waals surface area (Å²) in [5.41, 5.74) is 8.40. The van der Waals surface area contributed by atoms with E-state index in [1.165, 1.54) is 0 Å². The van der Waals surface area contributed by atoms with Gasteiger partial charge in [-0.05, 0) is 24.3 Å². The van der Waals surface area contributed by atoms with Crippen LogP contribution in [-0.2, 0) is 0 Å². The second-order valence-corrected chi connectivity index (χ2v) is 4.50. The highest BCUT2D eigenvalue weighted by molar-refractivity contribution is 7.13. The van der Waals surface area contributed by atoms with E-state index in [0.717, 1.165) is 27.7 Å². The lowest BCUT2D eigenvalue weighted by atomic mass is 10.2. The Morgan fingerprint density at radius 1 is 1.18 bits per heavy atom. The smallest absolute Gasteiger partial charge is 0.153 e. The summed E-state index contributed by atoms with van der Waals surface area (Å²) in [4.78, 5) is 4.53.